The first kappa shape index (κ1) is 18.9. The van der Waals surface area contributed by atoms with Crippen molar-refractivity contribution in [3.63, 3.8) is 0 Å². The van der Waals surface area contributed by atoms with Crippen molar-refractivity contribution in [2.24, 2.45) is 0 Å². The summed E-state index contributed by atoms with van der Waals surface area (Å²) in [4.78, 5) is 38.8. The maximum absolute atomic E-state index is 12.8. The average Bonchev–Trinajstić information content (AvgIpc) is 2.61. The Morgan fingerprint density at radius 1 is 1.20 bits per heavy atom. The maximum atomic E-state index is 12.8. The Balaban J connectivity index is 2.10. The number of carbonyl (C=O) groups is 2. The number of nitrogens with zero attached hydrogens (tertiary/aromatic N) is 3. The van der Waals surface area contributed by atoms with Crippen molar-refractivity contribution < 1.29 is 14.5 Å². The summed E-state index contributed by atoms with van der Waals surface area (Å²) in [6.45, 7) is 4.61. The van der Waals surface area contributed by atoms with Crippen LogP contribution in [0.2, 0.25) is 0 Å². The van der Waals surface area contributed by atoms with E-state index in [1.54, 1.807) is 24.0 Å². The van der Waals surface area contributed by atoms with Crippen LogP contribution in [0.4, 0.5) is 5.69 Å². The van der Waals surface area contributed by atoms with Gasteiger partial charge in [-0.1, -0.05) is 19.1 Å². The standard InChI is InChI=1S/C17H24N4O4/c1-3-16(22)18-15(17(23)20-10-8-19(2)9-11-20)12-13-4-6-14(7-5-13)21(24)25/h4-7,15H,3,8-12H2,1-2H3,(H,18,22). The highest BCUT2D eigenvalue weighted by atomic mass is 16.6. The molecule has 0 aliphatic carbocycles. The molecule has 0 radical (unpaired) electrons. The van der Waals surface area contributed by atoms with E-state index in [0.717, 1.165) is 18.7 Å². The third kappa shape index (κ3) is 5.25. The quantitative estimate of drug-likeness (QED) is 0.606. The smallest absolute Gasteiger partial charge is 0.269 e. The summed E-state index contributed by atoms with van der Waals surface area (Å²) in [7, 11) is 2.01. The molecule has 1 unspecified atom stereocenters. The van der Waals surface area contributed by atoms with Crippen LogP contribution in [0.3, 0.4) is 0 Å². The van der Waals surface area contributed by atoms with Crippen LogP contribution >= 0.6 is 0 Å². The summed E-state index contributed by atoms with van der Waals surface area (Å²) in [5.74, 6) is -0.289. The molecule has 1 fully saturated rings. The number of amides is 2. The van der Waals surface area contributed by atoms with Gasteiger partial charge in [0.2, 0.25) is 11.8 Å². The van der Waals surface area contributed by atoms with Gasteiger partial charge in [-0.2, -0.15) is 0 Å². The highest BCUT2D eigenvalue weighted by Gasteiger charge is 2.28. The van der Waals surface area contributed by atoms with Crippen LogP contribution in [0, 0.1) is 10.1 Å². The Labute approximate surface area is 146 Å². The van der Waals surface area contributed by atoms with Gasteiger partial charge in [0.25, 0.3) is 5.69 Å². The predicted molar refractivity (Wildman–Crippen MR) is 93.1 cm³/mol. The Morgan fingerprint density at radius 3 is 2.32 bits per heavy atom. The fourth-order valence-corrected chi connectivity index (χ4v) is 2.73. The first-order valence-corrected chi connectivity index (χ1v) is 8.40. The van der Waals surface area contributed by atoms with E-state index in [1.807, 2.05) is 7.05 Å². The van der Waals surface area contributed by atoms with Crippen LogP contribution in [0.25, 0.3) is 0 Å². The first-order valence-electron chi connectivity index (χ1n) is 8.40. The molecule has 8 nitrogen and oxygen atoms in total. The molecule has 0 spiro atoms. The molecule has 2 rings (SSSR count). The Morgan fingerprint density at radius 2 is 1.80 bits per heavy atom. The molecule has 0 aromatic heterocycles. The van der Waals surface area contributed by atoms with Gasteiger partial charge in [-0.3, -0.25) is 19.7 Å². The van der Waals surface area contributed by atoms with Crippen LogP contribution < -0.4 is 5.32 Å². The molecule has 25 heavy (non-hydrogen) atoms. The van der Waals surface area contributed by atoms with Gasteiger partial charge in [0.1, 0.15) is 6.04 Å². The van der Waals surface area contributed by atoms with E-state index < -0.39 is 11.0 Å². The second-order valence-corrected chi connectivity index (χ2v) is 6.23. The monoisotopic (exact) mass is 348 g/mol. The van der Waals surface area contributed by atoms with Crippen molar-refractivity contribution in [1.29, 1.82) is 0 Å². The minimum Gasteiger partial charge on any atom is -0.344 e. The zero-order valence-corrected chi connectivity index (χ0v) is 14.6. The lowest BCUT2D eigenvalue weighted by molar-refractivity contribution is -0.384. The molecule has 0 saturated carbocycles. The third-order valence-corrected chi connectivity index (χ3v) is 4.36. The van der Waals surface area contributed by atoms with E-state index in [1.165, 1.54) is 12.1 Å². The van der Waals surface area contributed by atoms with Crippen LogP contribution in [0.15, 0.2) is 24.3 Å². The van der Waals surface area contributed by atoms with Crippen molar-refractivity contribution >= 4 is 17.5 Å². The topological polar surface area (TPSA) is 95.8 Å². The Bertz CT molecular complexity index is 624. The normalized spacial score (nSPS) is 16.3. The number of hydrogen-bond donors (Lipinski definition) is 1. The molecule has 0 bridgehead atoms. The van der Waals surface area contributed by atoms with Crippen LogP contribution in [-0.4, -0.2) is 65.8 Å². The molecule has 1 heterocycles. The Kier molecular flexibility index (Phi) is 6.46. The van der Waals surface area contributed by atoms with Crippen LogP contribution in [0.5, 0.6) is 0 Å². The van der Waals surface area contributed by atoms with Crippen molar-refractivity contribution in [2.45, 2.75) is 25.8 Å². The van der Waals surface area contributed by atoms with E-state index in [9.17, 15) is 19.7 Å². The van der Waals surface area contributed by atoms with E-state index in [0.29, 0.717) is 25.9 Å². The predicted octanol–water partition coefficient (Wildman–Crippen LogP) is 0.806. The highest BCUT2D eigenvalue weighted by Crippen LogP contribution is 2.14. The number of carbonyl (C=O) groups excluding carboxylic acids is 2. The number of piperazine rings is 1. The lowest BCUT2D eigenvalue weighted by atomic mass is 10.0. The molecule has 136 valence electrons. The van der Waals surface area contributed by atoms with Gasteiger partial charge in [-0.05, 0) is 12.6 Å². The van der Waals surface area contributed by atoms with Crippen molar-refractivity contribution in [2.75, 3.05) is 33.2 Å². The molecule has 1 aromatic carbocycles. The zero-order chi connectivity index (χ0) is 18.4. The number of rotatable bonds is 6. The molecule has 8 heteroatoms. The number of benzene rings is 1. The molecule has 2 amide bonds. The number of nitro groups is 1. The minimum absolute atomic E-state index is 0.00304. The highest BCUT2D eigenvalue weighted by molar-refractivity contribution is 5.88. The number of non-ortho nitro benzene ring substituents is 1. The fraction of sp³-hybridized carbons (Fsp3) is 0.529. The molecule has 1 aromatic rings. The van der Waals surface area contributed by atoms with Crippen molar-refractivity contribution in [1.82, 2.24) is 15.1 Å². The summed E-state index contributed by atoms with van der Waals surface area (Å²) < 4.78 is 0. The Hall–Kier alpha value is -2.48. The zero-order valence-electron chi connectivity index (χ0n) is 14.6. The van der Waals surface area contributed by atoms with Gasteiger partial charge in [-0.25, -0.2) is 0 Å². The lowest BCUT2D eigenvalue weighted by Crippen LogP contribution is -2.54. The fourth-order valence-electron chi connectivity index (χ4n) is 2.73. The summed E-state index contributed by atoms with van der Waals surface area (Å²) in [5, 5.41) is 13.5. The number of nitrogens with one attached hydrogen (secondary N) is 1. The SMILES string of the molecule is CCC(=O)NC(Cc1ccc([N+](=O)[O-])cc1)C(=O)N1CCN(C)CC1. The largest absolute Gasteiger partial charge is 0.344 e. The maximum Gasteiger partial charge on any atom is 0.269 e. The van der Waals surface area contributed by atoms with Gasteiger partial charge in [0.15, 0.2) is 0 Å². The van der Waals surface area contributed by atoms with Crippen LogP contribution in [-0.2, 0) is 16.0 Å². The molecule has 1 N–H and O–H groups in total. The second kappa shape index (κ2) is 8.57. The van der Waals surface area contributed by atoms with Crippen LogP contribution in [0.1, 0.15) is 18.9 Å². The number of nitro benzene ring substituents is 1. The van der Waals surface area contributed by atoms with Gasteiger partial charge < -0.3 is 15.1 Å². The van der Waals surface area contributed by atoms with E-state index in [-0.39, 0.29) is 17.5 Å². The molecule has 1 saturated heterocycles. The molecule has 1 atom stereocenters. The average molecular weight is 348 g/mol. The first-order chi connectivity index (χ1) is 11.9. The summed E-state index contributed by atoms with van der Waals surface area (Å²) in [6.07, 6.45) is 0.613. The van der Waals surface area contributed by atoms with Gasteiger partial charge in [0, 0.05) is 51.2 Å². The van der Waals surface area contributed by atoms with Crippen molar-refractivity contribution in [3.05, 3.63) is 39.9 Å². The van der Waals surface area contributed by atoms with E-state index in [2.05, 4.69) is 10.2 Å². The summed E-state index contributed by atoms with van der Waals surface area (Å²) in [6, 6.07) is 5.42. The molecular formula is C17H24N4O4. The van der Waals surface area contributed by atoms with Gasteiger partial charge >= 0.3 is 0 Å². The third-order valence-electron chi connectivity index (χ3n) is 4.36. The lowest BCUT2D eigenvalue weighted by Gasteiger charge is -2.34. The van der Waals surface area contributed by atoms with E-state index in [4.69, 9.17) is 0 Å². The molecule has 1 aliphatic heterocycles. The van der Waals surface area contributed by atoms with Gasteiger partial charge in [0.05, 0.1) is 4.92 Å². The van der Waals surface area contributed by atoms with Gasteiger partial charge in [-0.15, -0.1) is 0 Å². The second-order valence-electron chi connectivity index (χ2n) is 6.23. The summed E-state index contributed by atoms with van der Waals surface area (Å²) in [5.41, 5.74) is 0.776. The molecular weight excluding hydrogens is 324 g/mol. The summed E-state index contributed by atoms with van der Waals surface area (Å²) >= 11 is 0. The number of likely N-dealkylation sites (N-methyl/N-ethyl adjacent to an activating group) is 1. The van der Waals surface area contributed by atoms with Crippen molar-refractivity contribution in [3.8, 4) is 0 Å². The number of hydrogen-bond acceptors (Lipinski definition) is 5. The van der Waals surface area contributed by atoms with E-state index >= 15 is 0 Å². The molecule has 1 aliphatic rings. The minimum atomic E-state index is -0.655.